The second kappa shape index (κ2) is 7.22. The first-order chi connectivity index (χ1) is 15.5. The molecule has 1 aliphatic heterocycles. The minimum Gasteiger partial charge on any atom is -0.339 e. The topological polar surface area (TPSA) is 40.6 Å². The predicted octanol–water partition coefficient (Wildman–Crippen LogP) is 4.87. The summed E-state index contributed by atoms with van der Waals surface area (Å²) >= 11 is 0. The molecule has 1 saturated heterocycles. The van der Waals surface area contributed by atoms with Crippen molar-refractivity contribution >= 4 is 11.8 Å². The second-order valence-electron chi connectivity index (χ2n) is 13.7. The molecule has 9 fully saturated rings. The first kappa shape index (κ1) is 20.3. The van der Waals surface area contributed by atoms with E-state index < -0.39 is 0 Å². The zero-order valence-corrected chi connectivity index (χ0v) is 19.9. The molecule has 4 nitrogen and oxygen atoms in total. The average molecular weight is 439 g/mol. The van der Waals surface area contributed by atoms with Gasteiger partial charge in [-0.2, -0.15) is 0 Å². The fraction of sp³-hybridized carbons (Fsp3) is 0.929. The summed E-state index contributed by atoms with van der Waals surface area (Å²) in [5.41, 5.74) is -0.0976. The van der Waals surface area contributed by atoms with Gasteiger partial charge in [-0.15, -0.1) is 0 Å². The van der Waals surface area contributed by atoms with E-state index in [1.54, 1.807) is 0 Å². The molecule has 0 unspecified atom stereocenters. The molecular formula is C28H42N2O2. The van der Waals surface area contributed by atoms with Gasteiger partial charge in [-0.25, -0.2) is 0 Å². The van der Waals surface area contributed by atoms with Crippen LogP contribution in [0.5, 0.6) is 0 Å². The van der Waals surface area contributed by atoms with E-state index in [-0.39, 0.29) is 10.8 Å². The van der Waals surface area contributed by atoms with Gasteiger partial charge in [0, 0.05) is 31.6 Å². The number of amides is 2. The zero-order valence-electron chi connectivity index (χ0n) is 19.9. The maximum Gasteiger partial charge on any atom is 0.228 e. The van der Waals surface area contributed by atoms with Crippen LogP contribution in [-0.2, 0) is 9.59 Å². The maximum absolute atomic E-state index is 13.9. The summed E-state index contributed by atoms with van der Waals surface area (Å²) in [6.07, 6.45) is 17.9. The Balaban J connectivity index is 1.04. The van der Waals surface area contributed by atoms with E-state index in [1.807, 2.05) is 0 Å². The third-order valence-corrected chi connectivity index (χ3v) is 11.5. The highest BCUT2D eigenvalue weighted by molar-refractivity contribution is 5.85. The van der Waals surface area contributed by atoms with E-state index in [0.29, 0.717) is 11.8 Å². The van der Waals surface area contributed by atoms with Crippen molar-refractivity contribution < 1.29 is 9.59 Å². The summed E-state index contributed by atoms with van der Waals surface area (Å²) in [6.45, 7) is 3.10. The van der Waals surface area contributed by atoms with Gasteiger partial charge >= 0.3 is 0 Å². The molecule has 2 amide bonds. The van der Waals surface area contributed by atoms with Crippen LogP contribution in [0, 0.1) is 46.3 Å². The van der Waals surface area contributed by atoms with Crippen LogP contribution in [0.4, 0.5) is 0 Å². The summed E-state index contributed by atoms with van der Waals surface area (Å²) in [5.74, 6) is 5.85. The van der Waals surface area contributed by atoms with Gasteiger partial charge in [0.25, 0.3) is 0 Å². The number of hydrogen-bond acceptors (Lipinski definition) is 2. The summed E-state index contributed by atoms with van der Waals surface area (Å²) in [6, 6.07) is 0. The quantitative estimate of drug-likeness (QED) is 0.617. The highest BCUT2D eigenvalue weighted by atomic mass is 16.2. The molecule has 9 aliphatic rings. The molecule has 32 heavy (non-hydrogen) atoms. The van der Waals surface area contributed by atoms with Crippen molar-refractivity contribution in [2.24, 2.45) is 46.3 Å². The molecule has 176 valence electrons. The number of hydrogen-bond donors (Lipinski definition) is 0. The molecule has 4 heteroatoms. The number of carbonyl (C=O) groups is 2. The normalized spacial score (nSPS) is 49.2. The number of carbonyl (C=O) groups excluding carboxylic acids is 2. The summed E-state index contributed by atoms with van der Waals surface area (Å²) < 4.78 is 0. The lowest BCUT2D eigenvalue weighted by atomic mass is 9.58. The second-order valence-corrected chi connectivity index (χ2v) is 13.7. The van der Waals surface area contributed by atoms with Gasteiger partial charge < -0.3 is 9.80 Å². The number of piperazine rings is 1. The monoisotopic (exact) mass is 438 g/mol. The molecule has 8 saturated carbocycles. The molecule has 0 spiro atoms. The zero-order chi connectivity index (χ0) is 21.5. The van der Waals surface area contributed by atoms with E-state index in [0.717, 1.165) is 100 Å². The van der Waals surface area contributed by atoms with Crippen molar-refractivity contribution in [3.05, 3.63) is 0 Å². The van der Waals surface area contributed by atoms with Crippen LogP contribution in [-0.4, -0.2) is 47.8 Å². The molecule has 0 N–H and O–H groups in total. The maximum atomic E-state index is 13.9. The van der Waals surface area contributed by atoms with Crippen molar-refractivity contribution in [3.63, 3.8) is 0 Å². The summed E-state index contributed by atoms with van der Waals surface area (Å²) in [4.78, 5) is 32.1. The average Bonchev–Trinajstić information content (AvgIpc) is 3.14. The Morgan fingerprint density at radius 1 is 0.500 bits per heavy atom. The fourth-order valence-corrected chi connectivity index (χ4v) is 10.7. The molecule has 1 heterocycles. The van der Waals surface area contributed by atoms with E-state index in [1.165, 1.54) is 51.4 Å². The number of fused-ring (bicyclic) bond motifs is 2. The van der Waals surface area contributed by atoms with Gasteiger partial charge in [0.2, 0.25) is 11.8 Å². The lowest BCUT2D eigenvalue weighted by Crippen LogP contribution is -2.58. The molecule has 0 aromatic carbocycles. The van der Waals surface area contributed by atoms with Crippen LogP contribution in [0.3, 0.4) is 0 Å². The van der Waals surface area contributed by atoms with Gasteiger partial charge in [-0.3, -0.25) is 9.59 Å². The Hall–Kier alpha value is -1.06. The Labute approximate surface area is 193 Å². The lowest BCUT2D eigenvalue weighted by Gasteiger charge is -2.50. The first-order valence-electron chi connectivity index (χ1n) is 14.1. The SMILES string of the molecule is O=C(N1CCN(C(=O)C23CC4C[C@@H](CC[C@H](C4)C2)C3)CC1)C12CCC3C[C@H](C[C@@H](C3)C1)C2. The Bertz CT molecular complexity index is 733. The van der Waals surface area contributed by atoms with Gasteiger partial charge in [-0.1, -0.05) is 12.8 Å². The van der Waals surface area contributed by atoms with Crippen molar-refractivity contribution in [2.45, 2.75) is 89.9 Å². The molecule has 0 radical (unpaired) electrons. The van der Waals surface area contributed by atoms with E-state index in [2.05, 4.69) is 9.80 Å². The summed E-state index contributed by atoms with van der Waals surface area (Å²) in [7, 11) is 0. The smallest absolute Gasteiger partial charge is 0.228 e. The third kappa shape index (κ3) is 3.13. The van der Waals surface area contributed by atoms with E-state index in [4.69, 9.17) is 0 Å². The Morgan fingerprint density at radius 3 is 1.47 bits per heavy atom. The van der Waals surface area contributed by atoms with E-state index in [9.17, 15) is 9.59 Å². The van der Waals surface area contributed by atoms with E-state index >= 15 is 0 Å². The molecule has 8 bridgehead atoms. The highest BCUT2D eigenvalue weighted by Crippen LogP contribution is 2.59. The van der Waals surface area contributed by atoms with Crippen molar-refractivity contribution in [1.29, 1.82) is 0 Å². The molecule has 0 aromatic rings. The van der Waals surface area contributed by atoms with Crippen LogP contribution in [0.15, 0.2) is 0 Å². The first-order valence-corrected chi connectivity index (χ1v) is 14.1. The molecule has 9 rings (SSSR count). The number of nitrogens with zero attached hydrogens (tertiary/aromatic N) is 2. The standard InChI is InChI=1S/C28H42N2O2/c31-25(27-4-3-19-9-22(16-27)13-23(10-19)17-27)29-5-7-30(8-6-29)26(32)28-14-20-1-2-21(15-28)12-24(11-20)18-28/h19-24H,1-18H2/t19?,20-,21-,22-,23-,24?,27?,28?/m1/s1. The van der Waals surface area contributed by atoms with Crippen LogP contribution < -0.4 is 0 Å². The Kier molecular flexibility index (Phi) is 4.58. The Morgan fingerprint density at radius 2 is 0.906 bits per heavy atom. The van der Waals surface area contributed by atoms with Gasteiger partial charge in [-0.05, 0) is 113 Å². The molecule has 8 aliphatic carbocycles. The lowest BCUT2D eigenvalue weighted by molar-refractivity contribution is -0.157. The van der Waals surface area contributed by atoms with Crippen molar-refractivity contribution in [3.8, 4) is 0 Å². The van der Waals surface area contributed by atoms with Gasteiger partial charge in [0.05, 0.1) is 5.41 Å². The molecule has 0 aromatic heterocycles. The largest absolute Gasteiger partial charge is 0.339 e. The van der Waals surface area contributed by atoms with Gasteiger partial charge in [0.1, 0.15) is 0 Å². The molecule has 4 atom stereocenters. The van der Waals surface area contributed by atoms with Crippen molar-refractivity contribution in [1.82, 2.24) is 9.80 Å². The molecular weight excluding hydrogens is 396 g/mol. The number of rotatable bonds is 2. The minimum atomic E-state index is -0.0527. The van der Waals surface area contributed by atoms with Crippen molar-refractivity contribution in [2.75, 3.05) is 26.2 Å². The third-order valence-electron chi connectivity index (χ3n) is 11.5. The van der Waals surface area contributed by atoms with Crippen LogP contribution in [0.1, 0.15) is 89.9 Å². The van der Waals surface area contributed by atoms with Gasteiger partial charge in [0.15, 0.2) is 0 Å². The highest BCUT2D eigenvalue weighted by Gasteiger charge is 2.55. The van der Waals surface area contributed by atoms with Crippen LogP contribution in [0.2, 0.25) is 0 Å². The van der Waals surface area contributed by atoms with Crippen LogP contribution in [0.25, 0.3) is 0 Å². The summed E-state index contributed by atoms with van der Waals surface area (Å²) in [5, 5.41) is 0. The van der Waals surface area contributed by atoms with Crippen LogP contribution >= 0.6 is 0 Å². The predicted molar refractivity (Wildman–Crippen MR) is 124 cm³/mol. The fourth-order valence-electron chi connectivity index (χ4n) is 10.7. The minimum absolute atomic E-state index is 0.0449.